The maximum absolute atomic E-state index is 9.98. The van der Waals surface area contributed by atoms with Crippen molar-refractivity contribution in [2.24, 2.45) is 0 Å². The van der Waals surface area contributed by atoms with Gasteiger partial charge in [0.15, 0.2) is 5.75 Å². The number of benzene rings is 1. The zero-order valence-electron chi connectivity index (χ0n) is 12.4. The van der Waals surface area contributed by atoms with Gasteiger partial charge in [-0.25, -0.2) is 0 Å². The van der Waals surface area contributed by atoms with Crippen molar-refractivity contribution in [2.45, 2.75) is 37.6 Å². The molecule has 1 aromatic rings. The van der Waals surface area contributed by atoms with Gasteiger partial charge in [-0.3, -0.25) is 0 Å². The highest BCUT2D eigenvalue weighted by molar-refractivity contribution is 6.38. The predicted octanol–water partition coefficient (Wildman–Crippen LogP) is 0.489. The van der Waals surface area contributed by atoms with Crippen molar-refractivity contribution in [1.29, 1.82) is 0 Å². The third-order valence-corrected chi connectivity index (χ3v) is 4.43. The van der Waals surface area contributed by atoms with E-state index in [0.29, 0.717) is 10.6 Å². The summed E-state index contributed by atoms with van der Waals surface area (Å²) in [5, 5.41) is 39.0. The van der Waals surface area contributed by atoms with Gasteiger partial charge in [-0.15, -0.1) is 0 Å². The molecule has 0 aliphatic carbocycles. The second-order valence-electron chi connectivity index (χ2n) is 5.17. The van der Waals surface area contributed by atoms with E-state index in [4.69, 9.17) is 42.5 Å². The molecule has 1 heterocycles. The summed E-state index contributed by atoms with van der Waals surface area (Å²) in [5.41, 5.74) is 0.618. The van der Waals surface area contributed by atoms with E-state index in [1.807, 2.05) is 0 Å². The minimum absolute atomic E-state index is 0.0695. The molecule has 0 bridgehead atoms. The van der Waals surface area contributed by atoms with Gasteiger partial charge < -0.3 is 34.6 Å². The van der Waals surface area contributed by atoms with Crippen LogP contribution in [0.15, 0.2) is 6.07 Å². The zero-order chi connectivity index (χ0) is 17.3. The largest absolute Gasteiger partial charge is 0.493 e. The van der Waals surface area contributed by atoms with Crippen LogP contribution < -0.4 is 9.47 Å². The Kier molecular flexibility index (Phi) is 5.96. The molecule has 0 spiro atoms. The van der Waals surface area contributed by atoms with Crippen LogP contribution in [-0.2, 0) is 4.74 Å². The second-order valence-corrected chi connectivity index (χ2v) is 5.92. The van der Waals surface area contributed by atoms with Crippen LogP contribution in [0.4, 0.5) is 0 Å². The molecule has 130 valence electrons. The van der Waals surface area contributed by atoms with Gasteiger partial charge in [0, 0.05) is 0 Å². The fourth-order valence-electron chi connectivity index (χ4n) is 2.27. The van der Waals surface area contributed by atoms with Gasteiger partial charge in [0.1, 0.15) is 35.2 Å². The molecule has 23 heavy (non-hydrogen) atoms. The Morgan fingerprint density at radius 3 is 2.35 bits per heavy atom. The van der Waals surface area contributed by atoms with Crippen LogP contribution in [0.25, 0.3) is 0 Å². The first-order valence-electron chi connectivity index (χ1n) is 6.81. The first kappa shape index (κ1) is 18.5. The molecule has 1 aliphatic rings. The Bertz CT molecular complexity index is 567. The van der Waals surface area contributed by atoms with Gasteiger partial charge in [0.2, 0.25) is 6.29 Å². The fraction of sp³-hybridized carbons (Fsp3) is 0.571. The van der Waals surface area contributed by atoms with Crippen LogP contribution in [0.1, 0.15) is 5.56 Å². The normalized spacial score (nSPS) is 31.0. The van der Waals surface area contributed by atoms with Gasteiger partial charge in [0.25, 0.3) is 0 Å². The molecule has 1 aromatic carbocycles. The third-order valence-electron chi connectivity index (χ3n) is 3.60. The summed E-state index contributed by atoms with van der Waals surface area (Å²) in [6.07, 6.45) is -6.96. The van der Waals surface area contributed by atoms with Crippen LogP contribution in [-0.4, -0.2) is 64.8 Å². The van der Waals surface area contributed by atoms with Gasteiger partial charge >= 0.3 is 0 Å². The Morgan fingerprint density at radius 2 is 1.78 bits per heavy atom. The average Bonchev–Trinajstić information content (AvgIpc) is 2.53. The minimum Gasteiger partial charge on any atom is -0.493 e. The van der Waals surface area contributed by atoms with E-state index in [9.17, 15) is 15.3 Å². The van der Waals surface area contributed by atoms with Crippen LogP contribution in [0.2, 0.25) is 10.0 Å². The van der Waals surface area contributed by atoms with Crippen molar-refractivity contribution < 1.29 is 34.6 Å². The molecule has 1 fully saturated rings. The molecular formula is C14H18Cl2O7. The van der Waals surface area contributed by atoms with Crippen LogP contribution in [0.3, 0.4) is 0 Å². The number of halogens is 2. The lowest BCUT2D eigenvalue weighted by atomic mass is 9.99. The Balaban J connectivity index is 2.29. The van der Waals surface area contributed by atoms with Crippen molar-refractivity contribution in [3.8, 4) is 11.5 Å². The highest BCUT2D eigenvalue weighted by atomic mass is 35.5. The molecular weight excluding hydrogens is 351 g/mol. The summed E-state index contributed by atoms with van der Waals surface area (Å²) < 4.78 is 15.9. The minimum atomic E-state index is -1.54. The lowest BCUT2D eigenvalue weighted by Crippen LogP contribution is -2.60. The lowest BCUT2D eigenvalue weighted by Gasteiger charge is -2.39. The number of methoxy groups -OCH3 is 1. The third kappa shape index (κ3) is 3.51. The number of aryl methyl sites for hydroxylation is 1. The molecule has 5 atom stereocenters. The Morgan fingerprint density at radius 1 is 1.13 bits per heavy atom. The van der Waals surface area contributed by atoms with E-state index in [1.54, 1.807) is 6.92 Å². The van der Waals surface area contributed by atoms with E-state index in [1.165, 1.54) is 13.2 Å². The molecule has 4 N–H and O–H groups in total. The van der Waals surface area contributed by atoms with Crippen molar-refractivity contribution in [3.05, 3.63) is 21.7 Å². The monoisotopic (exact) mass is 368 g/mol. The summed E-state index contributed by atoms with van der Waals surface area (Å²) in [6, 6.07) is 1.52. The summed E-state index contributed by atoms with van der Waals surface area (Å²) in [6.45, 7) is 1.16. The lowest BCUT2D eigenvalue weighted by molar-refractivity contribution is -0.277. The first-order chi connectivity index (χ1) is 10.8. The van der Waals surface area contributed by atoms with E-state index < -0.39 is 37.3 Å². The number of hydrogen-bond donors (Lipinski definition) is 4. The van der Waals surface area contributed by atoms with E-state index in [0.717, 1.165) is 0 Å². The zero-order valence-corrected chi connectivity index (χ0v) is 14.0. The van der Waals surface area contributed by atoms with E-state index >= 15 is 0 Å². The van der Waals surface area contributed by atoms with Crippen LogP contribution in [0, 0.1) is 6.92 Å². The highest BCUT2D eigenvalue weighted by Gasteiger charge is 2.45. The molecule has 7 nitrogen and oxygen atoms in total. The number of ether oxygens (including phenoxy) is 3. The average molecular weight is 369 g/mol. The maximum Gasteiger partial charge on any atom is 0.229 e. The van der Waals surface area contributed by atoms with Crippen molar-refractivity contribution in [2.75, 3.05) is 13.7 Å². The van der Waals surface area contributed by atoms with Gasteiger partial charge in [-0.2, -0.15) is 0 Å². The Hall–Kier alpha value is -0.800. The Labute approximate surface area is 142 Å². The standard InChI is InChI=1S/C14H18Cl2O7/c1-5-3-6(9(16)13(21-2)8(5)15)22-14-12(20)11(19)10(18)7(4-17)23-14/h3,7,10-12,14,17-20H,4H2,1-2H3/t7-,10-,11+,12-,14-/m1/s1. The molecule has 9 heteroatoms. The predicted molar refractivity (Wildman–Crippen MR) is 82.1 cm³/mol. The SMILES string of the molecule is COc1c(Cl)c(C)cc(O[C@@H]2O[C@H](CO)[C@@H](O)[C@H](O)[C@H]2O)c1Cl. The topological polar surface area (TPSA) is 109 Å². The maximum atomic E-state index is 9.98. The smallest absolute Gasteiger partial charge is 0.229 e. The van der Waals surface area contributed by atoms with E-state index in [-0.39, 0.29) is 16.5 Å². The van der Waals surface area contributed by atoms with Gasteiger partial charge in [0.05, 0.1) is 18.7 Å². The molecule has 1 aliphatic heterocycles. The summed E-state index contributed by atoms with van der Waals surface area (Å²) in [7, 11) is 1.39. The molecule has 0 radical (unpaired) electrons. The molecule has 0 unspecified atom stereocenters. The van der Waals surface area contributed by atoms with Crippen LogP contribution >= 0.6 is 23.2 Å². The number of hydrogen-bond acceptors (Lipinski definition) is 7. The molecule has 0 amide bonds. The fourth-order valence-corrected chi connectivity index (χ4v) is 2.81. The second kappa shape index (κ2) is 7.40. The van der Waals surface area contributed by atoms with Crippen LogP contribution in [0.5, 0.6) is 11.5 Å². The number of aliphatic hydroxyl groups excluding tert-OH is 4. The summed E-state index contributed by atoms with van der Waals surface area (Å²) in [5.74, 6) is 0.322. The first-order valence-corrected chi connectivity index (χ1v) is 7.57. The van der Waals surface area contributed by atoms with Crippen molar-refractivity contribution in [1.82, 2.24) is 0 Å². The quantitative estimate of drug-likeness (QED) is 0.612. The summed E-state index contributed by atoms with van der Waals surface area (Å²) in [4.78, 5) is 0. The number of aliphatic hydroxyl groups is 4. The van der Waals surface area contributed by atoms with Crippen molar-refractivity contribution >= 4 is 23.2 Å². The van der Waals surface area contributed by atoms with Gasteiger partial charge in [-0.05, 0) is 18.6 Å². The van der Waals surface area contributed by atoms with Crippen molar-refractivity contribution in [3.63, 3.8) is 0 Å². The summed E-state index contributed by atoms with van der Waals surface area (Å²) >= 11 is 12.2. The number of rotatable bonds is 4. The molecule has 0 aromatic heterocycles. The molecule has 0 saturated carbocycles. The molecule has 1 saturated heterocycles. The molecule has 2 rings (SSSR count). The van der Waals surface area contributed by atoms with Gasteiger partial charge in [-0.1, -0.05) is 23.2 Å². The van der Waals surface area contributed by atoms with E-state index in [2.05, 4.69) is 0 Å². The highest BCUT2D eigenvalue weighted by Crippen LogP contribution is 2.42.